The summed E-state index contributed by atoms with van der Waals surface area (Å²) in [6.45, 7) is 6.92. The van der Waals surface area contributed by atoms with E-state index in [1.165, 1.54) is 6.33 Å². The van der Waals surface area contributed by atoms with Gasteiger partial charge in [0.25, 0.3) is 5.91 Å². The van der Waals surface area contributed by atoms with Gasteiger partial charge in [-0.2, -0.15) is 0 Å². The fourth-order valence-electron chi connectivity index (χ4n) is 2.73. The van der Waals surface area contributed by atoms with Gasteiger partial charge in [-0.15, -0.1) is 0 Å². The van der Waals surface area contributed by atoms with Gasteiger partial charge in [-0.3, -0.25) is 4.79 Å². The lowest BCUT2D eigenvalue weighted by Crippen LogP contribution is -2.46. The van der Waals surface area contributed by atoms with Crippen LogP contribution in [0, 0.1) is 0 Å². The van der Waals surface area contributed by atoms with Crippen molar-refractivity contribution in [2.45, 2.75) is 6.92 Å². The number of nitrogens with one attached hydrogen (secondary N) is 1. The number of nitrogens with zero attached hydrogens (tertiary/aromatic N) is 4. The SMILES string of the molecule is CCN1CCN(c2cc(C(=O)Nc3c(Cl)cccc3Cl)ncn2)CC1. The van der Waals surface area contributed by atoms with E-state index in [1.807, 2.05) is 0 Å². The van der Waals surface area contributed by atoms with Crippen molar-refractivity contribution in [3.8, 4) is 0 Å². The predicted molar refractivity (Wildman–Crippen MR) is 101 cm³/mol. The molecule has 25 heavy (non-hydrogen) atoms. The molecule has 6 nitrogen and oxygen atoms in total. The molecule has 1 aromatic carbocycles. The van der Waals surface area contributed by atoms with Crippen LogP contribution >= 0.6 is 23.2 Å². The van der Waals surface area contributed by atoms with Crippen LogP contribution < -0.4 is 10.2 Å². The number of likely N-dealkylation sites (N-methyl/N-ethyl adjacent to an activating group) is 1. The minimum absolute atomic E-state index is 0.277. The number of benzene rings is 1. The van der Waals surface area contributed by atoms with Gasteiger partial charge in [-0.05, 0) is 18.7 Å². The average Bonchev–Trinajstić information content (AvgIpc) is 2.65. The first kappa shape index (κ1) is 17.9. The lowest BCUT2D eigenvalue weighted by Gasteiger charge is -2.34. The second kappa shape index (κ2) is 7.99. The van der Waals surface area contributed by atoms with E-state index in [0.29, 0.717) is 15.7 Å². The molecule has 0 radical (unpaired) electrons. The van der Waals surface area contributed by atoms with E-state index in [-0.39, 0.29) is 11.6 Å². The fraction of sp³-hybridized carbons (Fsp3) is 0.353. The molecule has 0 atom stereocenters. The van der Waals surface area contributed by atoms with Crippen LogP contribution in [0.5, 0.6) is 0 Å². The van der Waals surface area contributed by atoms with Gasteiger partial charge in [0.05, 0.1) is 15.7 Å². The maximum atomic E-state index is 12.5. The van der Waals surface area contributed by atoms with E-state index >= 15 is 0 Å². The Kier molecular flexibility index (Phi) is 5.73. The van der Waals surface area contributed by atoms with E-state index in [2.05, 4.69) is 32.0 Å². The highest BCUT2D eigenvalue weighted by Crippen LogP contribution is 2.30. The maximum absolute atomic E-state index is 12.5. The Balaban J connectivity index is 1.74. The van der Waals surface area contributed by atoms with E-state index in [0.717, 1.165) is 38.5 Å². The third kappa shape index (κ3) is 4.21. The van der Waals surface area contributed by atoms with E-state index < -0.39 is 0 Å². The topological polar surface area (TPSA) is 61.4 Å². The molecule has 8 heteroatoms. The quantitative estimate of drug-likeness (QED) is 0.883. The molecule has 0 spiro atoms. The van der Waals surface area contributed by atoms with Gasteiger partial charge in [0.15, 0.2) is 0 Å². The maximum Gasteiger partial charge on any atom is 0.274 e. The van der Waals surface area contributed by atoms with Crippen LogP contribution in [0.15, 0.2) is 30.6 Å². The van der Waals surface area contributed by atoms with Crippen molar-refractivity contribution in [2.75, 3.05) is 42.9 Å². The molecule has 0 unspecified atom stereocenters. The summed E-state index contributed by atoms with van der Waals surface area (Å²) in [5, 5.41) is 3.48. The molecule has 1 saturated heterocycles. The van der Waals surface area contributed by atoms with Gasteiger partial charge in [-0.1, -0.05) is 36.2 Å². The molecular weight excluding hydrogens is 361 g/mol. The van der Waals surface area contributed by atoms with Crippen LogP contribution in [0.2, 0.25) is 10.0 Å². The van der Waals surface area contributed by atoms with E-state index in [9.17, 15) is 4.79 Å². The van der Waals surface area contributed by atoms with E-state index in [4.69, 9.17) is 23.2 Å². The van der Waals surface area contributed by atoms with Crippen LogP contribution in [-0.4, -0.2) is 53.5 Å². The normalized spacial score (nSPS) is 15.2. The summed E-state index contributed by atoms with van der Waals surface area (Å²) in [5.41, 5.74) is 0.659. The molecule has 1 aliphatic rings. The molecule has 2 heterocycles. The molecule has 1 amide bonds. The first-order valence-corrected chi connectivity index (χ1v) is 8.88. The third-order valence-electron chi connectivity index (χ3n) is 4.23. The zero-order chi connectivity index (χ0) is 17.8. The number of hydrogen-bond acceptors (Lipinski definition) is 5. The summed E-state index contributed by atoms with van der Waals surface area (Å²) in [6, 6.07) is 6.75. The van der Waals surface area contributed by atoms with Crippen molar-refractivity contribution in [3.05, 3.63) is 46.3 Å². The number of halogens is 2. The number of amides is 1. The Bertz CT molecular complexity index is 742. The highest BCUT2D eigenvalue weighted by atomic mass is 35.5. The Hall–Kier alpha value is -1.89. The summed E-state index contributed by atoms with van der Waals surface area (Å²) < 4.78 is 0. The highest BCUT2D eigenvalue weighted by Gasteiger charge is 2.19. The largest absolute Gasteiger partial charge is 0.354 e. The van der Waals surface area contributed by atoms with Crippen molar-refractivity contribution in [1.29, 1.82) is 0 Å². The predicted octanol–water partition coefficient (Wildman–Crippen LogP) is 3.18. The first-order valence-electron chi connectivity index (χ1n) is 8.13. The van der Waals surface area contributed by atoms with Gasteiger partial charge < -0.3 is 15.1 Å². The van der Waals surface area contributed by atoms with Crippen LogP contribution in [-0.2, 0) is 0 Å². The van der Waals surface area contributed by atoms with Crippen LogP contribution in [0.4, 0.5) is 11.5 Å². The highest BCUT2D eigenvalue weighted by molar-refractivity contribution is 6.40. The third-order valence-corrected chi connectivity index (χ3v) is 4.86. The number of para-hydroxylation sites is 1. The number of carbonyl (C=O) groups excluding carboxylic acids is 1. The standard InChI is InChI=1S/C17H19Cl2N5O/c1-2-23-6-8-24(9-7-23)15-10-14(20-11-21-15)17(25)22-16-12(18)4-3-5-13(16)19/h3-5,10-11H,2,6-9H2,1H3,(H,22,25). The van der Waals surface area contributed by atoms with Gasteiger partial charge in [0.2, 0.25) is 0 Å². The lowest BCUT2D eigenvalue weighted by molar-refractivity contribution is 0.102. The number of carbonyl (C=O) groups is 1. The average molecular weight is 380 g/mol. The van der Waals surface area contributed by atoms with Crippen molar-refractivity contribution < 1.29 is 4.79 Å². The van der Waals surface area contributed by atoms with E-state index in [1.54, 1.807) is 24.3 Å². The summed E-state index contributed by atoms with van der Waals surface area (Å²) >= 11 is 12.2. The fourth-order valence-corrected chi connectivity index (χ4v) is 3.22. The smallest absolute Gasteiger partial charge is 0.274 e. The number of aromatic nitrogens is 2. The van der Waals surface area contributed by atoms with Gasteiger partial charge in [0.1, 0.15) is 17.8 Å². The number of rotatable bonds is 4. The summed E-state index contributed by atoms with van der Waals surface area (Å²) in [4.78, 5) is 25.4. The Morgan fingerprint density at radius 1 is 1.16 bits per heavy atom. The molecule has 0 aliphatic carbocycles. The van der Waals surface area contributed by atoms with Gasteiger partial charge >= 0.3 is 0 Å². The molecule has 0 saturated carbocycles. The molecule has 132 valence electrons. The minimum atomic E-state index is -0.370. The molecule has 1 fully saturated rings. The van der Waals surface area contributed by atoms with Crippen LogP contribution in [0.25, 0.3) is 0 Å². The number of piperazine rings is 1. The first-order chi connectivity index (χ1) is 12.1. The zero-order valence-corrected chi connectivity index (χ0v) is 15.4. The molecular formula is C17H19Cl2N5O. The van der Waals surface area contributed by atoms with Crippen molar-refractivity contribution >= 4 is 40.6 Å². The molecule has 0 bridgehead atoms. The number of anilines is 2. The lowest BCUT2D eigenvalue weighted by atomic mass is 10.2. The summed E-state index contributed by atoms with van der Waals surface area (Å²) in [6.07, 6.45) is 1.41. The number of hydrogen-bond donors (Lipinski definition) is 1. The Labute approximate surface area is 156 Å². The monoisotopic (exact) mass is 379 g/mol. The molecule has 3 rings (SSSR count). The van der Waals surface area contributed by atoms with Gasteiger partial charge in [0, 0.05) is 32.2 Å². The van der Waals surface area contributed by atoms with Crippen molar-refractivity contribution in [3.63, 3.8) is 0 Å². The van der Waals surface area contributed by atoms with Crippen LogP contribution in [0.1, 0.15) is 17.4 Å². The second-order valence-corrected chi connectivity index (χ2v) is 6.55. The Morgan fingerprint density at radius 2 is 1.84 bits per heavy atom. The Morgan fingerprint density at radius 3 is 2.48 bits per heavy atom. The molecule has 1 N–H and O–H groups in total. The van der Waals surface area contributed by atoms with Crippen molar-refractivity contribution in [2.24, 2.45) is 0 Å². The zero-order valence-electron chi connectivity index (χ0n) is 13.9. The summed E-state index contributed by atoms with van der Waals surface area (Å²) in [7, 11) is 0. The molecule has 1 aliphatic heterocycles. The van der Waals surface area contributed by atoms with Gasteiger partial charge in [-0.25, -0.2) is 9.97 Å². The minimum Gasteiger partial charge on any atom is -0.354 e. The molecule has 2 aromatic rings. The summed E-state index contributed by atoms with van der Waals surface area (Å²) in [5.74, 6) is 0.381. The molecule has 1 aromatic heterocycles. The van der Waals surface area contributed by atoms with Crippen LogP contribution in [0.3, 0.4) is 0 Å². The second-order valence-electron chi connectivity index (χ2n) is 5.73. The van der Waals surface area contributed by atoms with Crippen molar-refractivity contribution in [1.82, 2.24) is 14.9 Å².